The SMILES string of the molecule is Cc1cccc(CNCc2ccccc2N2CCCC2)n1. The van der Waals surface area contributed by atoms with Crippen LogP contribution in [0.1, 0.15) is 29.8 Å². The van der Waals surface area contributed by atoms with Crippen LogP contribution < -0.4 is 10.2 Å². The van der Waals surface area contributed by atoms with Gasteiger partial charge in [-0.2, -0.15) is 0 Å². The monoisotopic (exact) mass is 281 g/mol. The number of hydrogen-bond acceptors (Lipinski definition) is 3. The Labute approximate surface area is 127 Å². The van der Waals surface area contributed by atoms with E-state index in [1.54, 1.807) is 0 Å². The maximum atomic E-state index is 4.53. The Hall–Kier alpha value is -1.87. The van der Waals surface area contributed by atoms with Crippen LogP contribution in [-0.2, 0) is 13.1 Å². The molecule has 110 valence electrons. The molecule has 0 bridgehead atoms. The van der Waals surface area contributed by atoms with E-state index < -0.39 is 0 Å². The number of nitrogens with one attached hydrogen (secondary N) is 1. The third-order valence-electron chi connectivity index (χ3n) is 4.01. The molecule has 1 aliphatic heterocycles. The van der Waals surface area contributed by atoms with Gasteiger partial charge >= 0.3 is 0 Å². The number of anilines is 1. The molecule has 0 radical (unpaired) electrons. The molecule has 1 N–H and O–H groups in total. The van der Waals surface area contributed by atoms with Gasteiger partial charge in [0.2, 0.25) is 0 Å². The second-order valence-corrected chi connectivity index (χ2v) is 5.70. The first-order valence-corrected chi connectivity index (χ1v) is 7.79. The van der Waals surface area contributed by atoms with Gasteiger partial charge in [0, 0.05) is 37.6 Å². The summed E-state index contributed by atoms with van der Waals surface area (Å²) in [6, 6.07) is 14.9. The number of nitrogens with zero attached hydrogens (tertiary/aromatic N) is 2. The highest BCUT2D eigenvalue weighted by molar-refractivity contribution is 5.54. The molecule has 0 atom stereocenters. The van der Waals surface area contributed by atoms with Crippen molar-refractivity contribution in [3.8, 4) is 0 Å². The van der Waals surface area contributed by atoms with Crippen molar-refractivity contribution in [1.29, 1.82) is 0 Å². The third-order valence-corrected chi connectivity index (χ3v) is 4.01. The standard InChI is InChI=1S/C18H23N3/c1-15-7-6-9-17(20-15)14-19-13-16-8-2-3-10-18(16)21-11-4-5-12-21/h2-3,6-10,19H,4-5,11-14H2,1H3. The molecule has 0 saturated carbocycles. The Bertz CT molecular complexity index is 589. The van der Waals surface area contributed by atoms with E-state index in [4.69, 9.17) is 0 Å². The van der Waals surface area contributed by atoms with Gasteiger partial charge in [0.1, 0.15) is 0 Å². The van der Waals surface area contributed by atoms with Crippen LogP contribution in [0.4, 0.5) is 5.69 Å². The van der Waals surface area contributed by atoms with Gasteiger partial charge in [0.05, 0.1) is 5.69 Å². The normalized spacial score (nSPS) is 14.6. The average Bonchev–Trinajstić information content (AvgIpc) is 3.02. The lowest BCUT2D eigenvalue weighted by atomic mass is 10.1. The Morgan fingerprint density at radius 2 is 1.81 bits per heavy atom. The summed E-state index contributed by atoms with van der Waals surface area (Å²) in [7, 11) is 0. The number of pyridine rings is 1. The Morgan fingerprint density at radius 3 is 2.62 bits per heavy atom. The van der Waals surface area contributed by atoms with Crippen molar-refractivity contribution < 1.29 is 0 Å². The molecule has 3 heteroatoms. The summed E-state index contributed by atoms with van der Waals surface area (Å²) in [4.78, 5) is 7.03. The predicted molar refractivity (Wildman–Crippen MR) is 87.4 cm³/mol. The third kappa shape index (κ3) is 3.61. The lowest BCUT2D eigenvalue weighted by molar-refractivity contribution is 0.676. The molecule has 3 nitrogen and oxygen atoms in total. The molecule has 1 fully saturated rings. The minimum absolute atomic E-state index is 0.815. The fourth-order valence-corrected chi connectivity index (χ4v) is 2.95. The zero-order valence-electron chi connectivity index (χ0n) is 12.7. The van der Waals surface area contributed by atoms with E-state index in [0.29, 0.717) is 0 Å². The molecule has 21 heavy (non-hydrogen) atoms. The van der Waals surface area contributed by atoms with Gasteiger partial charge in [-0.25, -0.2) is 0 Å². The van der Waals surface area contributed by atoms with Crippen LogP contribution >= 0.6 is 0 Å². The van der Waals surface area contributed by atoms with Crippen molar-refractivity contribution in [2.24, 2.45) is 0 Å². The molecule has 1 saturated heterocycles. The van der Waals surface area contributed by atoms with E-state index in [-0.39, 0.29) is 0 Å². The molecule has 1 aliphatic rings. The lowest BCUT2D eigenvalue weighted by Crippen LogP contribution is -2.21. The molecular weight excluding hydrogens is 258 g/mol. The molecule has 1 aromatic carbocycles. The zero-order valence-corrected chi connectivity index (χ0v) is 12.7. The summed E-state index contributed by atoms with van der Waals surface area (Å²) >= 11 is 0. The van der Waals surface area contributed by atoms with Gasteiger partial charge < -0.3 is 10.2 Å². The van der Waals surface area contributed by atoms with Crippen molar-refractivity contribution in [3.05, 3.63) is 59.4 Å². The first kappa shape index (κ1) is 14.1. The zero-order chi connectivity index (χ0) is 14.5. The van der Waals surface area contributed by atoms with E-state index in [2.05, 4.69) is 51.6 Å². The summed E-state index contributed by atoms with van der Waals surface area (Å²) in [6.07, 6.45) is 2.63. The number of rotatable bonds is 5. The fraction of sp³-hybridized carbons (Fsp3) is 0.389. The van der Waals surface area contributed by atoms with Crippen molar-refractivity contribution in [2.45, 2.75) is 32.9 Å². The van der Waals surface area contributed by atoms with Crippen LogP contribution in [-0.4, -0.2) is 18.1 Å². The molecular formula is C18H23N3. The van der Waals surface area contributed by atoms with E-state index in [0.717, 1.165) is 24.5 Å². The molecule has 0 aliphatic carbocycles. The van der Waals surface area contributed by atoms with Crippen LogP contribution in [0, 0.1) is 6.92 Å². The Kier molecular flexibility index (Phi) is 4.51. The molecule has 2 heterocycles. The van der Waals surface area contributed by atoms with Gasteiger partial charge in [0.15, 0.2) is 0 Å². The molecule has 0 spiro atoms. The number of aromatic nitrogens is 1. The van der Waals surface area contributed by atoms with Gasteiger partial charge in [0.25, 0.3) is 0 Å². The highest BCUT2D eigenvalue weighted by Crippen LogP contribution is 2.24. The van der Waals surface area contributed by atoms with Crippen molar-refractivity contribution in [1.82, 2.24) is 10.3 Å². The summed E-state index contributed by atoms with van der Waals surface area (Å²) < 4.78 is 0. The summed E-state index contributed by atoms with van der Waals surface area (Å²) in [6.45, 7) is 6.12. The Morgan fingerprint density at radius 1 is 1.00 bits per heavy atom. The number of benzene rings is 1. The Balaban J connectivity index is 1.62. The summed E-state index contributed by atoms with van der Waals surface area (Å²) in [5, 5.41) is 3.52. The maximum absolute atomic E-state index is 4.53. The lowest BCUT2D eigenvalue weighted by Gasteiger charge is -2.21. The van der Waals surface area contributed by atoms with E-state index in [9.17, 15) is 0 Å². The topological polar surface area (TPSA) is 28.2 Å². The van der Waals surface area contributed by atoms with E-state index >= 15 is 0 Å². The second kappa shape index (κ2) is 6.72. The fourth-order valence-electron chi connectivity index (χ4n) is 2.95. The van der Waals surface area contributed by atoms with Gasteiger partial charge in [-0.05, 0) is 43.5 Å². The van der Waals surface area contributed by atoms with Crippen LogP contribution in [0.2, 0.25) is 0 Å². The minimum atomic E-state index is 0.815. The smallest absolute Gasteiger partial charge is 0.0544 e. The van der Waals surface area contributed by atoms with Crippen LogP contribution in [0.25, 0.3) is 0 Å². The summed E-state index contributed by atoms with van der Waals surface area (Å²) in [5.41, 5.74) is 4.95. The van der Waals surface area contributed by atoms with Crippen LogP contribution in [0.3, 0.4) is 0 Å². The van der Waals surface area contributed by atoms with Crippen molar-refractivity contribution in [3.63, 3.8) is 0 Å². The minimum Gasteiger partial charge on any atom is -0.371 e. The number of aryl methyl sites for hydroxylation is 1. The predicted octanol–water partition coefficient (Wildman–Crippen LogP) is 3.28. The quantitative estimate of drug-likeness (QED) is 0.911. The average molecular weight is 281 g/mol. The van der Waals surface area contributed by atoms with Crippen LogP contribution in [0.5, 0.6) is 0 Å². The largest absolute Gasteiger partial charge is 0.371 e. The first-order chi connectivity index (χ1) is 10.3. The van der Waals surface area contributed by atoms with Gasteiger partial charge in [-0.15, -0.1) is 0 Å². The maximum Gasteiger partial charge on any atom is 0.0544 e. The summed E-state index contributed by atoms with van der Waals surface area (Å²) in [5.74, 6) is 0. The van der Waals surface area contributed by atoms with Crippen LogP contribution in [0.15, 0.2) is 42.5 Å². The van der Waals surface area contributed by atoms with Crippen molar-refractivity contribution >= 4 is 5.69 Å². The molecule has 1 aromatic heterocycles. The van der Waals surface area contributed by atoms with Gasteiger partial charge in [-0.3, -0.25) is 4.98 Å². The number of hydrogen-bond donors (Lipinski definition) is 1. The molecule has 0 unspecified atom stereocenters. The first-order valence-electron chi connectivity index (χ1n) is 7.79. The van der Waals surface area contributed by atoms with Crippen molar-refractivity contribution in [2.75, 3.05) is 18.0 Å². The molecule has 0 amide bonds. The number of para-hydroxylation sites is 1. The second-order valence-electron chi connectivity index (χ2n) is 5.70. The van der Waals surface area contributed by atoms with E-state index in [1.165, 1.54) is 37.2 Å². The highest BCUT2D eigenvalue weighted by Gasteiger charge is 2.14. The van der Waals surface area contributed by atoms with Gasteiger partial charge in [-0.1, -0.05) is 24.3 Å². The molecule has 3 rings (SSSR count). The highest BCUT2D eigenvalue weighted by atomic mass is 15.1. The molecule has 2 aromatic rings. The van der Waals surface area contributed by atoms with E-state index in [1.807, 2.05) is 13.0 Å².